The van der Waals surface area contributed by atoms with Crippen LogP contribution in [-0.2, 0) is 14.3 Å². The molecule has 1 aliphatic rings. The van der Waals surface area contributed by atoms with Crippen molar-refractivity contribution in [3.8, 4) is 0 Å². The van der Waals surface area contributed by atoms with Gasteiger partial charge in [0, 0.05) is 19.0 Å². The van der Waals surface area contributed by atoms with Gasteiger partial charge in [-0.05, 0) is 39.3 Å². The summed E-state index contributed by atoms with van der Waals surface area (Å²) in [7, 11) is 0. The Morgan fingerprint density at radius 3 is 2.52 bits per heavy atom. The molecule has 1 N–H and O–H groups in total. The van der Waals surface area contributed by atoms with Crippen molar-refractivity contribution in [1.82, 2.24) is 5.32 Å². The van der Waals surface area contributed by atoms with E-state index in [9.17, 15) is 14.4 Å². The van der Waals surface area contributed by atoms with Gasteiger partial charge in [-0.3, -0.25) is 9.59 Å². The lowest BCUT2D eigenvalue weighted by Gasteiger charge is -2.20. The molecular weight excluding hydrogens is 296 g/mol. The summed E-state index contributed by atoms with van der Waals surface area (Å²) in [5.41, 5.74) is 0.836. The zero-order valence-electron chi connectivity index (χ0n) is 13.7. The molecule has 6 nitrogen and oxygen atoms in total. The van der Waals surface area contributed by atoms with E-state index < -0.39 is 12.1 Å². The average Bonchev–Trinajstić information content (AvgIpc) is 2.92. The zero-order chi connectivity index (χ0) is 17.0. The number of hydrogen-bond acceptors (Lipinski definition) is 4. The van der Waals surface area contributed by atoms with Crippen molar-refractivity contribution in [2.45, 2.75) is 45.8 Å². The number of para-hydroxylation sites is 1. The number of benzene rings is 1. The Morgan fingerprint density at radius 1 is 1.22 bits per heavy atom. The summed E-state index contributed by atoms with van der Waals surface area (Å²) in [5, 5.41) is 2.70. The van der Waals surface area contributed by atoms with Gasteiger partial charge in [-0.2, -0.15) is 0 Å². The highest BCUT2D eigenvalue weighted by Gasteiger charge is 2.27. The molecule has 1 aromatic carbocycles. The van der Waals surface area contributed by atoms with E-state index in [0.717, 1.165) is 6.42 Å². The van der Waals surface area contributed by atoms with Crippen molar-refractivity contribution in [2.75, 3.05) is 11.4 Å². The number of esters is 1. The van der Waals surface area contributed by atoms with Gasteiger partial charge in [0.05, 0.1) is 11.3 Å². The van der Waals surface area contributed by atoms with Crippen molar-refractivity contribution in [1.29, 1.82) is 0 Å². The Labute approximate surface area is 135 Å². The minimum Gasteiger partial charge on any atom is -0.449 e. The van der Waals surface area contributed by atoms with E-state index in [2.05, 4.69) is 5.32 Å². The Kier molecular flexibility index (Phi) is 5.36. The first kappa shape index (κ1) is 17.0. The molecule has 1 aliphatic heterocycles. The predicted octanol–water partition coefficient (Wildman–Crippen LogP) is 1.88. The molecule has 1 atom stereocenters. The summed E-state index contributed by atoms with van der Waals surface area (Å²) in [6.07, 6.45) is 0.360. The van der Waals surface area contributed by atoms with Gasteiger partial charge in [-0.25, -0.2) is 4.79 Å². The molecule has 1 saturated heterocycles. The largest absolute Gasteiger partial charge is 0.449 e. The van der Waals surface area contributed by atoms with Crippen LogP contribution < -0.4 is 10.2 Å². The molecule has 0 aliphatic carbocycles. The summed E-state index contributed by atoms with van der Waals surface area (Å²) in [4.78, 5) is 37.8. The van der Waals surface area contributed by atoms with Gasteiger partial charge in [0.25, 0.3) is 5.91 Å². The first-order valence-corrected chi connectivity index (χ1v) is 7.81. The van der Waals surface area contributed by atoms with Gasteiger partial charge < -0.3 is 15.0 Å². The molecule has 0 saturated carbocycles. The number of carbonyl (C=O) groups excluding carboxylic acids is 3. The van der Waals surface area contributed by atoms with Crippen molar-refractivity contribution in [2.24, 2.45) is 0 Å². The van der Waals surface area contributed by atoms with E-state index >= 15 is 0 Å². The molecule has 124 valence electrons. The fourth-order valence-electron chi connectivity index (χ4n) is 2.46. The lowest BCUT2D eigenvalue weighted by atomic mass is 10.1. The van der Waals surface area contributed by atoms with Crippen molar-refractivity contribution < 1.29 is 19.1 Å². The molecule has 0 radical (unpaired) electrons. The number of carbonyl (C=O) groups is 3. The molecule has 0 unspecified atom stereocenters. The first-order valence-electron chi connectivity index (χ1n) is 7.81. The molecule has 6 heteroatoms. The number of ether oxygens (including phenoxy) is 1. The monoisotopic (exact) mass is 318 g/mol. The van der Waals surface area contributed by atoms with Crippen LogP contribution in [0.15, 0.2) is 24.3 Å². The number of anilines is 1. The third kappa shape index (κ3) is 4.09. The molecular formula is C17H22N2O4. The maximum absolute atomic E-state index is 12.4. The second-order valence-electron chi connectivity index (χ2n) is 5.88. The first-order chi connectivity index (χ1) is 10.9. The van der Waals surface area contributed by atoms with Crippen LogP contribution >= 0.6 is 0 Å². The number of amides is 2. The third-order valence-corrected chi connectivity index (χ3v) is 3.57. The van der Waals surface area contributed by atoms with Crippen LogP contribution in [0.1, 0.15) is 44.0 Å². The topological polar surface area (TPSA) is 75.7 Å². The number of rotatable bonds is 5. The van der Waals surface area contributed by atoms with Gasteiger partial charge in [-0.15, -0.1) is 0 Å². The fraction of sp³-hybridized carbons (Fsp3) is 0.471. The van der Waals surface area contributed by atoms with Crippen molar-refractivity contribution >= 4 is 23.5 Å². The van der Waals surface area contributed by atoms with E-state index in [-0.39, 0.29) is 17.9 Å². The summed E-state index contributed by atoms with van der Waals surface area (Å²) in [5.74, 6) is -0.953. The molecule has 1 heterocycles. The summed E-state index contributed by atoms with van der Waals surface area (Å²) >= 11 is 0. The lowest BCUT2D eigenvalue weighted by Crippen LogP contribution is -2.39. The van der Waals surface area contributed by atoms with Crippen LogP contribution in [0.25, 0.3) is 0 Å². The minimum atomic E-state index is -0.896. The number of nitrogens with one attached hydrogen (secondary N) is 1. The van der Waals surface area contributed by atoms with Crippen LogP contribution in [0.3, 0.4) is 0 Å². The zero-order valence-corrected chi connectivity index (χ0v) is 13.7. The Bertz CT molecular complexity index is 612. The molecule has 1 fully saturated rings. The van der Waals surface area contributed by atoms with E-state index in [1.807, 2.05) is 13.8 Å². The number of hydrogen-bond donors (Lipinski definition) is 1. The van der Waals surface area contributed by atoms with Gasteiger partial charge in [0.15, 0.2) is 6.10 Å². The quantitative estimate of drug-likeness (QED) is 0.841. The molecule has 23 heavy (non-hydrogen) atoms. The summed E-state index contributed by atoms with van der Waals surface area (Å²) in [6.45, 7) is 5.78. The lowest BCUT2D eigenvalue weighted by molar-refractivity contribution is -0.129. The molecule has 0 aromatic heterocycles. The van der Waals surface area contributed by atoms with E-state index in [1.54, 1.807) is 29.2 Å². The molecule has 1 aromatic rings. The maximum atomic E-state index is 12.4. The van der Waals surface area contributed by atoms with Gasteiger partial charge in [0.2, 0.25) is 5.91 Å². The highest BCUT2D eigenvalue weighted by atomic mass is 16.5. The molecule has 0 spiro atoms. The SMILES string of the molecule is CC(C)NC(=O)[C@@H](C)OC(=O)c1ccccc1N1CCCC1=O. The van der Waals surface area contributed by atoms with Crippen LogP contribution in [-0.4, -0.2) is 36.5 Å². The van der Waals surface area contributed by atoms with E-state index in [4.69, 9.17) is 4.74 Å². The van der Waals surface area contributed by atoms with Crippen molar-refractivity contribution in [3.63, 3.8) is 0 Å². The Hall–Kier alpha value is -2.37. The summed E-state index contributed by atoms with van der Waals surface area (Å²) < 4.78 is 5.25. The normalized spacial score (nSPS) is 15.7. The van der Waals surface area contributed by atoms with Crippen LogP contribution in [0.5, 0.6) is 0 Å². The number of nitrogens with zero attached hydrogens (tertiary/aromatic N) is 1. The van der Waals surface area contributed by atoms with Gasteiger partial charge in [0.1, 0.15) is 0 Å². The standard InChI is InChI=1S/C17H22N2O4/c1-11(2)18-16(21)12(3)23-17(22)13-7-4-5-8-14(13)19-10-6-9-15(19)20/h4-5,7-8,11-12H,6,9-10H2,1-3H3,(H,18,21)/t12-/m1/s1. The smallest absolute Gasteiger partial charge is 0.341 e. The molecule has 2 amide bonds. The van der Waals surface area contributed by atoms with Crippen LogP contribution in [0, 0.1) is 0 Å². The predicted molar refractivity (Wildman–Crippen MR) is 86.2 cm³/mol. The van der Waals surface area contributed by atoms with Gasteiger partial charge >= 0.3 is 5.97 Å². The third-order valence-electron chi connectivity index (χ3n) is 3.57. The minimum absolute atomic E-state index is 0.00384. The fourth-order valence-corrected chi connectivity index (χ4v) is 2.46. The second-order valence-corrected chi connectivity index (χ2v) is 5.88. The van der Waals surface area contributed by atoms with Crippen LogP contribution in [0.2, 0.25) is 0 Å². The second kappa shape index (κ2) is 7.26. The van der Waals surface area contributed by atoms with E-state index in [0.29, 0.717) is 24.2 Å². The highest BCUT2D eigenvalue weighted by Crippen LogP contribution is 2.26. The van der Waals surface area contributed by atoms with Gasteiger partial charge in [-0.1, -0.05) is 12.1 Å². The maximum Gasteiger partial charge on any atom is 0.341 e. The highest BCUT2D eigenvalue weighted by molar-refractivity contribution is 6.04. The average molecular weight is 318 g/mol. The Balaban J connectivity index is 2.14. The Morgan fingerprint density at radius 2 is 1.91 bits per heavy atom. The van der Waals surface area contributed by atoms with Crippen LogP contribution in [0.4, 0.5) is 5.69 Å². The molecule has 0 bridgehead atoms. The van der Waals surface area contributed by atoms with E-state index in [1.165, 1.54) is 6.92 Å². The molecule has 2 rings (SSSR count). The van der Waals surface area contributed by atoms with Crippen molar-refractivity contribution in [3.05, 3.63) is 29.8 Å². The summed E-state index contributed by atoms with van der Waals surface area (Å²) in [6, 6.07) is 6.78.